The van der Waals surface area contributed by atoms with E-state index in [4.69, 9.17) is 0 Å². The van der Waals surface area contributed by atoms with Gasteiger partial charge in [0.05, 0.1) is 6.54 Å². The van der Waals surface area contributed by atoms with Crippen LogP contribution >= 0.6 is 0 Å². The lowest BCUT2D eigenvalue weighted by Crippen LogP contribution is -2.30. The van der Waals surface area contributed by atoms with Crippen molar-refractivity contribution in [3.05, 3.63) is 41.5 Å². The molecule has 2 N–H and O–H groups in total. The Labute approximate surface area is 152 Å². The third-order valence-electron chi connectivity index (χ3n) is 4.53. The second-order valence-corrected chi connectivity index (χ2v) is 6.15. The third-order valence-corrected chi connectivity index (χ3v) is 4.53. The van der Waals surface area contributed by atoms with E-state index >= 15 is 0 Å². The predicted molar refractivity (Wildman–Crippen MR) is 97.9 cm³/mol. The summed E-state index contributed by atoms with van der Waals surface area (Å²) in [6.45, 7) is 6.48. The van der Waals surface area contributed by atoms with E-state index in [1.165, 1.54) is 0 Å². The standard InChI is InChI=1S/C18H24N6O2/c1-3-23(4-2)17(25)13-7-9-14(10-8-13)20-18(26)19-12-16-22-21-15-6-5-11-24(15)16/h7-10H,3-6,11-12H2,1-2H3,(H2,19,20,26). The molecule has 8 heteroatoms. The number of aromatic nitrogens is 3. The summed E-state index contributed by atoms with van der Waals surface area (Å²) in [5.74, 6) is 1.75. The summed E-state index contributed by atoms with van der Waals surface area (Å²) in [5.41, 5.74) is 1.24. The molecule has 0 fully saturated rings. The minimum absolute atomic E-state index is 0.00772. The second kappa shape index (κ2) is 7.99. The number of nitrogens with one attached hydrogen (secondary N) is 2. The fourth-order valence-electron chi connectivity index (χ4n) is 3.07. The lowest BCUT2D eigenvalue weighted by Gasteiger charge is -2.18. The van der Waals surface area contributed by atoms with Gasteiger partial charge >= 0.3 is 6.03 Å². The van der Waals surface area contributed by atoms with Gasteiger partial charge in [0.2, 0.25) is 0 Å². The Morgan fingerprint density at radius 3 is 2.58 bits per heavy atom. The molecular formula is C18H24N6O2. The molecule has 26 heavy (non-hydrogen) atoms. The lowest BCUT2D eigenvalue weighted by atomic mass is 10.2. The Hall–Kier alpha value is -2.90. The summed E-state index contributed by atoms with van der Waals surface area (Å²) >= 11 is 0. The maximum Gasteiger partial charge on any atom is 0.319 e. The third kappa shape index (κ3) is 3.84. The SMILES string of the molecule is CCN(CC)C(=O)c1ccc(NC(=O)NCc2nnc3n2CCC3)cc1. The van der Waals surface area contributed by atoms with Crippen LogP contribution in [0.4, 0.5) is 10.5 Å². The molecule has 1 aromatic heterocycles. The van der Waals surface area contributed by atoms with Crippen LogP contribution in [0.2, 0.25) is 0 Å². The molecule has 0 bridgehead atoms. The molecular weight excluding hydrogens is 332 g/mol. The van der Waals surface area contributed by atoms with Crippen LogP contribution in [0.1, 0.15) is 42.3 Å². The van der Waals surface area contributed by atoms with Crippen LogP contribution in [-0.2, 0) is 19.5 Å². The molecule has 3 amide bonds. The molecule has 8 nitrogen and oxygen atoms in total. The van der Waals surface area contributed by atoms with Crippen LogP contribution in [0, 0.1) is 0 Å². The van der Waals surface area contributed by atoms with Crippen molar-refractivity contribution in [2.75, 3.05) is 18.4 Å². The zero-order chi connectivity index (χ0) is 18.5. The zero-order valence-corrected chi connectivity index (χ0v) is 15.2. The maximum absolute atomic E-state index is 12.3. The molecule has 0 unspecified atom stereocenters. The van der Waals surface area contributed by atoms with Crippen molar-refractivity contribution < 1.29 is 9.59 Å². The number of carbonyl (C=O) groups is 2. The average Bonchev–Trinajstić information content (AvgIpc) is 3.25. The Morgan fingerprint density at radius 2 is 1.88 bits per heavy atom. The number of carbonyl (C=O) groups excluding carboxylic acids is 2. The molecule has 0 atom stereocenters. The highest BCUT2D eigenvalue weighted by atomic mass is 16.2. The first-order valence-corrected chi connectivity index (χ1v) is 8.97. The van der Waals surface area contributed by atoms with E-state index < -0.39 is 0 Å². The molecule has 1 aliphatic heterocycles. The normalized spacial score (nSPS) is 12.5. The highest BCUT2D eigenvalue weighted by Gasteiger charge is 2.17. The van der Waals surface area contributed by atoms with Crippen molar-refractivity contribution in [2.45, 2.75) is 39.8 Å². The summed E-state index contributed by atoms with van der Waals surface area (Å²) < 4.78 is 2.05. The van der Waals surface area contributed by atoms with E-state index in [1.54, 1.807) is 29.2 Å². The zero-order valence-electron chi connectivity index (χ0n) is 15.2. The van der Waals surface area contributed by atoms with Crippen LogP contribution in [0.25, 0.3) is 0 Å². The van der Waals surface area contributed by atoms with Gasteiger partial charge in [-0.25, -0.2) is 4.79 Å². The van der Waals surface area contributed by atoms with Crippen LogP contribution in [0.15, 0.2) is 24.3 Å². The molecule has 0 saturated carbocycles. The fourth-order valence-corrected chi connectivity index (χ4v) is 3.07. The van der Waals surface area contributed by atoms with E-state index in [9.17, 15) is 9.59 Å². The highest BCUT2D eigenvalue weighted by Crippen LogP contribution is 2.14. The molecule has 138 valence electrons. The van der Waals surface area contributed by atoms with Crippen molar-refractivity contribution in [2.24, 2.45) is 0 Å². The van der Waals surface area contributed by atoms with Gasteiger partial charge in [0.25, 0.3) is 5.91 Å². The van der Waals surface area contributed by atoms with Gasteiger partial charge in [-0.1, -0.05) is 0 Å². The largest absolute Gasteiger partial charge is 0.339 e. The van der Waals surface area contributed by atoms with Gasteiger partial charge in [-0.05, 0) is 44.5 Å². The monoisotopic (exact) mass is 356 g/mol. The van der Waals surface area contributed by atoms with E-state index in [0.717, 1.165) is 31.0 Å². The molecule has 2 heterocycles. The molecule has 0 radical (unpaired) electrons. The first-order chi connectivity index (χ1) is 12.6. The second-order valence-electron chi connectivity index (χ2n) is 6.15. The topological polar surface area (TPSA) is 92.2 Å². The number of aryl methyl sites for hydroxylation is 1. The van der Waals surface area contributed by atoms with E-state index in [2.05, 4.69) is 20.8 Å². The number of benzene rings is 1. The number of hydrogen-bond donors (Lipinski definition) is 2. The Morgan fingerprint density at radius 1 is 1.15 bits per heavy atom. The quantitative estimate of drug-likeness (QED) is 0.828. The lowest BCUT2D eigenvalue weighted by molar-refractivity contribution is 0.0773. The minimum Gasteiger partial charge on any atom is -0.339 e. The van der Waals surface area contributed by atoms with Crippen LogP contribution < -0.4 is 10.6 Å². The number of rotatable bonds is 6. The van der Waals surface area contributed by atoms with Crippen LogP contribution in [0.5, 0.6) is 0 Å². The number of hydrogen-bond acceptors (Lipinski definition) is 4. The fraction of sp³-hybridized carbons (Fsp3) is 0.444. The summed E-state index contributed by atoms with van der Waals surface area (Å²) in [6.07, 6.45) is 2.01. The molecule has 2 aromatic rings. The summed E-state index contributed by atoms with van der Waals surface area (Å²) in [6, 6.07) is 6.59. The number of anilines is 1. The van der Waals surface area contributed by atoms with Crippen molar-refractivity contribution in [1.82, 2.24) is 25.0 Å². The van der Waals surface area contributed by atoms with Crippen molar-refractivity contribution >= 4 is 17.6 Å². The molecule has 3 rings (SSSR count). The molecule has 0 spiro atoms. The summed E-state index contributed by atoms with van der Waals surface area (Å²) in [4.78, 5) is 26.1. The van der Waals surface area contributed by atoms with Crippen molar-refractivity contribution in [3.63, 3.8) is 0 Å². The Balaban J connectivity index is 1.53. The van der Waals surface area contributed by atoms with Crippen LogP contribution in [-0.4, -0.2) is 44.7 Å². The van der Waals surface area contributed by atoms with Crippen molar-refractivity contribution in [3.8, 4) is 0 Å². The summed E-state index contributed by atoms with van der Waals surface area (Å²) in [5, 5.41) is 13.8. The Kier molecular flexibility index (Phi) is 5.50. The van der Waals surface area contributed by atoms with Crippen LogP contribution in [0.3, 0.4) is 0 Å². The van der Waals surface area contributed by atoms with E-state index in [0.29, 0.717) is 30.9 Å². The first-order valence-electron chi connectivity index (χ1n) is 8.97. The number of nitrogens with zero attached hydrogens (tertiary/aromatic N) is 4. The van der Waals surface area contributed by atoms with Gasteiger partial charge in [-0.3, -0.25) is 4.79 Å². The van der Waals surface area contributed by atoms with E-state index in [1.807, 2.05) is 18.4 Å². The van der Waals surface area contributed by atoms with Gasteiger partial charge in [0.15, 0.2) is 5.82 Å². The summed E-state index contributed by atoms with van der Waals surface area (Å²) in [7, 11) is 0. The Bertz CT molecular complexity index is 779. The average molecular weight is 356 g/mol. The maximum atomic E-state index is 12.3. The van der Waals surface area contributed by atoms with Gasteiger partial charge in [0.1, 0.15) is 5.82 Å². The van der Waals surface area contributed by atoms with E-state index in [-0.39, 0.29) is 11.9 Å². The minimum atomic E-state index is -0.317. The highest BCUT2D eigenvalue weighted by molar-refractivity contribution is 5.95. The number of urea groups is 1. The van der Waals surface area contributed by atoms with Gasteiger partial charge in [-0.2, -0.15) is 0 Å². The van der Waals surface area contributed by atoms with Gasteiger partial charge in [-0.15, -0.1) is 10.2 Å². The van der Waals surface area contributed by atoms with Gasteiger partial charge < -0.3 is 20.1 Å². The molecule has 1 aromatic carbocycles. The number of fused-ring (bicyclic) bond motifs is 1. The van der Waals surface area contributed by atoms with Gasteiger partial charge in [0, 0.05) is 37.3 Å². The molecule has 1 aliphatic rings. The smallest absolute Gasteiger partial charge is 0.319 e. The number of amides is 3. The predicted octanol–water partition coefficient (Wildman–Crippen LogP) is 2.03. The first kappa shape index (κ1) is 17.9. The molecule has 0 saturated heterocycles. The molecule has 0 aliphatic carbocycles. The van der Waals surface area contributed by atoms with Crippen molar-refractivity contribution in [1.29, 1.82) is 0 Å².